The first-order chi connectivity index (χ1) is 15.6. The fourth-order valence-electron chi connectivity index (χ4n) is 3.41. The van der Waals surface area contributed by atoms with E-state index in [9.17, 15) is 9.59 Å². The minimum atomic E-state index is -0.612. The normalized spacial score (nSPS) is 17.4. The van der Waals surface area contributed by atoms with Crippen LogP contribution in [0.4, 0.5) is 10.8 Å². The van der Waals surface area contributed by atoms with Gasteiger partial charge in [-0.15, -0.1) is 11.3 Å². The number of methoxy groups -OCH3 is 2. The van der Waals surface area contributed by atoms with Gasteiger partial charge in [0.15, 0.2) is 5.13 Å². The number of benzene rings is 2. The molecule has 32 heavy (non-hydrogen) atoms. The topological polar surface area (TPSA) is 72.0 Å². The Labute approximate surface area is 189 Å². The number of hydrogen-bond donors (Lipinski definition) is 0. The Morgan fingerprint density at radius 2 is 1.81 bits per heavy atom. The van der Waals surface area contributed by atoms with E-state index in [-0.39, 0.29) is 11.6 Å². The Morgan fingerprint density at radius 3 is 2.44 bits per heavy atom. The van der Waals surface area contributed by atoms with E-state index in [1.54, 1.807) is 40.6 Å². The van der Waals surface area contributed by atoms with Gasteiger partial charge in [-0.05, 0) is 35.9 Å². The molecule has 0 radical (unpaired) electrons. The van der Waals surface area contributed by atoms with Crippen molar-refractivity contribution in [1.82, 2.24) is 4.98 Å². The van der Waals surface area contributed by atoms with Crippen molar-refractivity contribution >= 4 is 40.1 Å². The van der Waals surface area contributed by atoms with Gasteiger partial charge in [-0.25, -0.2) is 9.78 Å². The zero-order valence-corrected chi connectivity index (χ0v) is 18.4. The quantitative estimate of drug-likeness (QED) is 0.419. The maximum Gasteiger partial charge on any atom is 0.332 e. The van der Waals surface area contributed by atoms with Gasteiger partial charge in [0.1, 0.15) is 17.6 Å². The molecule has 1 saturated heterocycles. The summed E-state index contributed by atoms with van der Waals surface area (Å²) in [5.74, 6) is -0.270. The van der Waals surface area contributed by atoms with Crippen molar-refractivity contribution in [3.05, 3.63) is 89.6 Å². The summed E-state index contributed by atoms with van der Waals surface area (Å²) in [5, 5.41) is 2.34. The number of esters is 1. The fraction of sp³-hybridized carbons (Fsp3) is 0.125. The number of nitrogens with zero attached hydrogens (tertiary/aromatic N) is 3. The third kappa shape index (κ3) is 4.26. The molecule has 4 rings (SSSR count). The van der Waals surface area contributed by atoms with Gasteiger partial charge in [-0.1, -0.05) is 36.4 Å². The number of aromatic nitrogens is 1. The summed E-state index contributed by atoms with van der Waals surface area (Å²) in [7, 11) is 2.87. The van der Waals surface area contributed by atoms with Crippen LogP contribution in [0.25, 0.3) is 6.08 Å². The summed E-state index contributed by atoms with van der Waals surface area (Å²) < 4.78 is 10.1. The summed E-state index contributed by atoms with van der Waals surface area (Å²) in [6.45, 7) is 0. The number of hydrogen-bond acceptors (Lipinski definition) is 7. The molecule has 0 aliphatic carbocycles. The molecule has 7 nitrogen and oxygen atoms in total. The minimum Gasteiger partial charge on any atom is -0.497 e. The van der Waals surface area contributed by atoms with Crippen molar-refractivity contribution in [3.63, 3.8) is 0 Å². The van der Waals surface area contributed by atoms with E-state index in [0.29, 0.717) is 10.9 Å². The van der Waals surface area contributed by atoms with Gasteiger partial charge in [0.2, 0.25) is 0 Å². The lowest BCUT2D eigenvalue weighted by Gasteiger charge is -2.27. The van der Waals surface area contributed by atoms with E-state index in [4.69, 9.17) is 9.47 Å². The molecule has 162 valence electrons. The summed E-state index contributed by atoms with van der Waals surface area (Å²) in [5.41, 5.74) is 1.90. The smallest absolute Gasteiger partial charge is 0.332 e. The van der Waals surface area contributed by atoms with E-state index in [2.05, 4.69) is 4.98 Å². The molecule has 1 unspecified atom stereocenters. The van der Waals surface area contributed by atoms with E-state index >= 15 is 0 Å². The standard InChI is InChI=1S/C24H21N3O4S/c1-30-19-11-9-18(10-12-19)26-20(16-22(28)31-2)23(29)27(24-25-14-15-32-24)21(26)13-8-17-6-4-3-5-7-17/h3-16,21H,1-2H3/b13-8+,20-16+. The Balaban J connectivity index is 1.85. The second kappa shape index (κ2) is 9.49. The molecule has 3 aromatic rings. The molecule has 0 N–H and O–H groups in total. The van der Waals surface area contributed by atoms with Gasteiger partial charge in [-0.2, -0.15) is 0 Å². The molecular weight excluding hydrogens is 426 g/mol. The van der Waals surface area contributed by atoms with Crippen LogP contribution in [-0.4, -0.2) is 37.2 Å². The van der Waals surface area contributed by atoms with Crippen molar-refractivity contribution in [2.45, 2.75) is 6.17 Å². The van der Waals surface area contributed by atoms with Crippen molar-refractivity contribution in [2.24, 2.45) is 0 Å². The largest absolute Gasteiger partial charge is 0.497 e. The monoisotopic (exact) mass is 447 g/mol. The number of rotatable bonds is 6. The highest BCUT2D eigenvalue weighted by atomic mass is 32.1. The molecule has 0 bridgehead atoms. The first-order valence-electron chi connectivity index (χ1n) is 9.81. The average molecular weight is 448 g/mol. The lowest BCUT2D eigenvalue weighted by molar-refractivity contribution is -0.135. The summed E-state index contributed by atoms with van der Waals surface area (Å²) in [6, 6.07) is 17.1. The van der Waals surface area contributed by atoms with Crippen LogP contribution in [0, 0.1) is 0 Å². The molecule has 2 aromatic carbocycles. The minimum absolute atomic E-state index is 0.194. The summed E-state index contributed by atoms with van der Waals surface area (Å²) >= 11 is 1.35. The Morgan fingerprint density at radius 1 is 1.06 bits per heavy atom. The van der Waals surface area contributed by atoms with Gasteiger partial charge in [0.05, 0.1) is 20.3 Å². The molecular formula is C24H21N3O4S. The number of amides is 1. The van der Waals surface area contributed by atoms with E-state index in [1.807, 2.05) is 54.6 Å². The fourth-order valence-corrected chi connectivity index (χ4v) is 4.08. The highest BCUT2D eigenvalue weighted by Crippen LogP contribution is 2.37. The summed E-state index contributed by atoms with van der Waals surface area (Å²) in [6.07, 6.45) is 6.17. The SMILES string of the molecule is COC(=O)/C=C1\C(=O)N(c2nccs2)C(/C=C/c2ccccc2)N1c1ccc(OC)cc1. The lowest BCUT2D eigenvalue weighted by Crippen LogP contribution is -2.38. The van der Waals surface area contributed by atoms with Crippen LogP contribution in [0.5, 0.6) is 5.75 Å². The molecule has 1 aromatic heterocycles. The molecule has 1 aliphatic heterocycles. The molecule has 0 spiro atoms. The lowest BCUT2D eigenvalue weighted by atomic mass is 10.2. The first kappa shape index (κ1) is 21.3. The molecule has 2 heterocycles. The predicted octanol–water partition coefficient (Wildman–Crippen LogP) is 4.10. The van der Waals surface area contributed by atoms with Gasteiger partial charge < -0.3 is 14.4 Å². The zero-order valence-electron chi connectivity index (χ0n) is 17.5. The van der Waals surface area contributed by atoms with E-state index in [1.165, 1.54) is 24.5 Å². The number of ether oxygens (including phenoxy) is 2. The number of anilines is 2. The van der Waals surface area contributed by atoms with Gasteiger partial charge in [0.25, 0.3) is 5.91 Å². The van der Waals surface area contributed by atoms with Crippen molar-refractivity contribution in [3.8, 4) is 5.75 Å². The molecule has 8 heteroatoms. The van der Waals surface area contributed by atoms with E-state index in [0.717, 1.165) is 11.3 Å². The van der Waals surface area contributed by atoms with Crippen LogP contribution in [0.3, 0.4) is 0 Å². The van der Waals surface area contributed by atoms with Crippen molar-refractivity contribution < 1.29 is 19.1 Å². The Bertz CT molecular complexity index is 1140. The average Bonchev–Trinajstić information content (AvgIpc) is 3.45. The van der Waals surface area contributed by atoms with Crippen LogP contribution in [0.15, 0.2) is 84.0 Å². The first-order valence-corrected chi connectivity index (χ1v) is 10.7. The highest BCUT2D eigenvalue weighted by Gasteiger charge is 2.43. The maximum atomic E-state index is 13.5. The zero-order chi connectivity index (χ0) is 22.5. The van der Waals surface area contributed by atoms with Crippen LogP contribution >= 0.6 is 11.3 Å². The molecule has 0 saturated carbocycles. The van der Waals surface area contributed by atoms with Crippen LogP contribution in [0.1, 0.15) is 5.56 Å². The number of thiazole rings is 1. The Hall–Kier alpha value is -3.91. The highest BCUT2D eigenvalue weighted by molar-refractivity contribution is 7.13. The number of carbonyl (C=O) groups is 2. The van der Waals surface area contributed by atoms with Crippen LogP contribution < -0.4 is 14.5 Å². The van der Waals surface area contributed by atoms with Crippen molar-refractivity contribution in [2.75, 3.05) is 24.0 Å². The van der Waals surface area contributed by atoms with Gasteiger partial charge in [-0.3, -0.25) is 9.69 Å². The molecule has 1 aliphatic rings. The second-order valence-electron chi connectivity index (χ2n) is 6.79. The molecule has 1 amide bonds. The summed E-state index contributed by atoms with van der Waals surface area (Å²) in [4.78, 5) is 33.3. The van der Waals surface area contributed by atoms with Crippen LogP contribution in [-0.2, 0) is 14.3 Å². The Kier molecular flexibility index (Phi) is 6.32. The third-order valence-electron chi connectivity index (χ3n) is 4.92. The third-order valence-corrected chi connectivity index (χ3v) is 5.69. The predicted molar refractivity (Wildman–Crippen MR) is 124 cm³/mol. The van der Waals surface area contributed by atoms with Gasteiger partial charge >= 0.3 is 5.97 Å². The maximum absolute atomic E-state index is 13.5. The van der Waals surface area contributed by atoms with E-state index < -0.39 is 12.1 Å². The van der Waals surface area contributed by atoms with Gasteiger partial charge in [0, 0.05) is 17.3 Å². The number of carbonyl (C=O) groups excluding carboxylic acids is 2. The molecule has 1 fully saturated rings. The molecule has 1 atom stereocenters. The van der Waals surface area contributed by atoms with Crippen molar-refractivity contribution in [1.29, 1.82) is 0 Å². The van der Waals surface area contributed by atoms with Crippen LogP contribution in [0.2, 0.25) is 0 Å². The second-order valence-corrected chi connectivity index (χ2v) is 7.67.